The summed E-state index contributed by atoms with van der Waals surface area (Å²) in [5.74, 6) is -1.85. The number of carboxylic acid groups (broad SMARTS) is 1. The average molecular weight is 249 g/mol. The molecule has 4 nitrogen and oxygen atoms in total. The predicted molar refractivity (Wildman–Crippen MR) is 48.5 cm³/mol. The molecular formula is C10H10F3NO3. The first-order chi connectivity index (χ1) is 7.79. The van der Waals surface area contributed by atoms with Gasteiger partial charge in [-0.15, -0.1) is 13.2 Å². The number of carbonyl (C=O) groups excluding carboxylic acids is 1. The van der Waals surface area contributed by atoms with E-state index in [1.54, 1.807) is 0 Å². The first-order valence-corrected chi connectivity index (χ1v) is 4.67. The minimum absolute atomic E-state index is 0.119. The van der Waals surface area contributed by atoms with E-state index in [4.69, 9.17) is 0 Å². The SMILES string of the molecule is [NH3+][C@@H](Cc1ccccc1OC(F)(F)F)C(=O)[O-]. The second-order valence-electron chi connectivity index (χ2n) is 3.38. The molecule has 1 rings (SSSR count). The molecular weight excluding hydrogens is 239 g/mol. The van der Waals surface area contributed by atoms with Crippen molar-refractivity contribution in [2.75, 3.05) is 0 Å². The van der Waals surface area contributed by atoms with Crippen LogP contribution < -0.4 is 15.6 Å². The summed E-state index contributed by atoms with van der Waals surface area (Å²) < 4.78 is 39.9. The van der Waals surface area contributed by atoms with Crippen molar-refractivity contribution in [3.8, 4) is 5.75 Å². The van der Waals surface area contributed by atoms with Crippen molar-refractivity contribution in [2.24, 2.45) is 0 Å². The lowest BCUT2D eigenvalue weighted by Gasteiger charge is -2.15. The zero-order chi connectivity index (χ0) is 13.1. The number of benzene rings is 1. The molecule has 1 aromatic rings. The van der Waals surface area contributed by atoms with Crippen molar-refractivity contribution in [3.05, 3.63) is 29.8 Å². The van der Waals surface area contributed by atoms with Gasteiger partial charge in [0.2, 0.25) is 0 Å². The van der Waals surface area contributed by atoms with Gasteiger partial charge in [-0.05, 0) is 6.07 Å². The fraction of sp³-hybridized carbons (Fsp3) is 0.300. The van der Waals surface area contributed by atoms with Crippen LogP contribution in [-0.4, -0.2) is 18.4 Å². The zero-order valence-electron chi connectivity index (χ0n) is 8.66. The Hall–Kier alpha value is -1.76. The molecule has 0 heterocycles. The highest BCUT2D eigenvalue weighted by molar-refractivity contribution is 5.69. The molecule has 0 aliphatic carbocycles. The van der Waals surface area contributed by atoms with Crippen molar-refractivity contribution in [1.82, 2.24) is 0 Å². The number of halogens is 3. The molecule has 3 N–H and O–H groups in total. The molecule has 0 radical (unpaired) electrons. The summed E-state index contributed by atoms with van der Waals surface area (Å²) >= 11 is 0. The summed E-state index contributed by atoms with van der Waals surface area (Å²) in [7, 11) is 0. The molecule has 7 heteroatoms. The van der Waals surface area contributed by atoms with Crippen LogP contribution in [0.4, 0.5) is 13.2 Å². The molecule has 0 amide bonds. The summed E-state index contributed by atoms with van der Waals surface area (Å²) in [5.41, 5.74) is 3.39. The molecule has 0 aromatic heterocycles. The second kappa shape index (κ2) is 5.05. The summed E-state index contributed by atoms with van der Waals surface area (Å²) in [4.78, 5) is 10.5. The van der Waals surface area contributed by atoms with E-state index in [1.165, 1.54) is 18.2 Å². The number of aliphatic carboxylic acids is 1. The Morgan fingerprint density at radius 2 is 2.00 bits per heavy atom. The Labute approximate surface area is 94.8 Å². The number of rotatable bonds is 4. The van der Waals surface area contributed by atoms with E-state index >= 15 is 0 Å². The lowest BCUT2D eigenvalue weighted by atomic mass is 10.1. The van der Waals surface area contributed by atoms with Gasteiger partial charge >= 0.3 is 6.36 Å². The van der Waals surface area contributed by atoms with Crippen molar-refractivity contribution >= 4 is 5.97 Å². The van der Waals surface area contributed by atoms with Crippen LogP contribution in [0.5, 0.6) is 5.75 Å². The van der Waals surface area contributed by atoms with Crippen molar-refractivity contribution in [1.29, 1.82) is 0 Å². The highest BCUT2D eigenvalue weighted by Crippen LogP contribution is 2.26. The molecule has 0 spiro atoms. The first-order valence-electron chi connectivity index (χ1n) is 4.67. The van der Waals surface area contributed by atoms with Crippen LogP contribution in [0, 0.1) is 0 Å². The van der Waals surface area contributed by atoms with E-state index in [0.717, 1.165) is 6.07 Å². The van der Waals surface area contributed by atoms with E-state index in [2.05, 4.69) is 10.5 Å². The standard InChI is InChI=1S/C10H10F3NO3/c11-10(12,13)17-8-4-2-1-3-6(8)5-7(14)9(15)16/h1-4,7H,5,14H2,(H,15,16)/t7-/m0/s1. The molecule has 0 aliphatic rings. The average Bonchev–Trinajstić information content (AvgIpc) is 2.18. The highest BCUT2D eigenvalue weighted by atomic mass is 19.4. The smallest absolute Gasteiger partial charge is 0.544 e. The normalized spacial score (nSPS) is 13.2. The van der Waals surface area contributed by atoms with Crippen molar-refractivity contribution < 1.29 is 33.5 Å². The van der Waals surface area contributed by atoms with Gasteiger partial charge in [-0.3, -0.25) is 0 Å². The van der Waals surface area contributed by atoms with Gasteiger partial charge in [-0.2, -0.15) is 0 Å². The number of para-hydroxylation sites is 1. The van der Waals surface area contributed by atoms with Gasteiger partial charge in [0.25, 0.3) is 0 Å². The highest BCUT2D eigenvalue weighted by Gasteiger charge is 2.32. The van der Waals surface area contributed by atoms with Gasteiger partial charge in [-0.25, -0.2) is 0 Å². The molecule has 0 unspecified atom stereocenters. The third-order valence-electron chi connectivity index (χ3n) is 2.00. The number of carboxylic acids is 1. The molecule has 0 fully saturated rings. The molecule has 0 saturated heterocycles. The predicted octanol–water partition coefficient (Wildman–Crippen LogP) is -0.512. The summed E-state index contributed by atoms with van der Waals surface area (Å²) in [5, 5.41) is 10.5. The number of alkyl halides is 3. The lowest BCUT2D eigenvalue weighted by molar-refractivity contribution is -0.437. The van der Waals surface area contributed by atoms with Crippen LogP contribution in [0.25, 0.3) is 0 Å². The van der Waals surface area contributed by atoms with Gasteiger partial charge < -0.3 is 20.4 Å². The summed E-state index contributed by atoms with van der Waals surface area (Å²) in [6.45, 7) is 0. The third-order valence-corrected chi connectivity index (χ3v) is 2.00. The zero-order valence-corrected chi connectivity index (χ0v) is 8.66. The van der Waals surface area contributed by atoms with E-state index in [0.29, 0.717) is 0 Å². The maximum atomic E-state index is 12.1. The fourth-order valence-electron chi connectivity index (χ4n) is 1.25. The number of carbonyl (C=O) groups is 1. The molecule has 0 bridgehead atoms. The van der Waals surface area contributed by atoms with E-state index in [1.807, 2.05) is 0 Å². The van der Waals surface area contributed by atoms with Crippen LogP contribution in [0.3, 0.4) is 0 Å². The van der Waals surface area contributed by atoms with Gasteiger partial charge in [0, 0.05) is 12.0 Å². The molecule has 0 saturated carbocycles. The minimum Gasteiger partial charge on any atom is -0.544 e. The van der Waals surface area contributed by atoms with E-state index < -0.39 is 24.1 Å². The van der Waals surface area contributed by atoms with Crippen molar-refractivity contribution in [2.45, 2.75) is 18.8 Å². The van der Waals surface area contributed by atoms with Gasteiger partial charge in [0.05, 0.1) is 5.97 Å². The van der Waals surface area contributed by atoms with Gasteiger partial charge in [0.1, 0.15) is 11.8 Å². The maximum Gasteiger partial charge on any atom is 0.573 e. The monoisotopic (exact) mass is 249 g/mol. The van der Waals surface area contributed by atoms with Gasteiger partial charge in [-0.1, -0.05) is 18.2 Å². The Morgan fingerprint density at radius 3 is 2.53 bits per heavy atom. The Balaban J connectivity index is 2.88. The Bertz CT molecular complexity index is 406. The molecule has 94 valence electrons. The van der Waals surface area contributed by atoms with Gasteiger partial charge in [0.15, 0.2) is 0 Å². The first kappa shape index (κ1) is 13.3. The molecule has 0 aliphatic heterocycles. The molecule has 1 atom stereocenters. The van der Waals surface area contributed by atoms with Crippen LogP contribution in [-0.2, 0) is 11.2 Å². The van der Waals surface area contributed by atoms with Crippen LogP contribution in [0.15, 0.2) is 24.3 Å². The molecule has 17 heavy (non-hydrogen) atoms. The quantitative estimate of drug-likeness (QED) is 0.780. The maximum absolute atomic E-state index is 12.1. The van der Waals surface area contributed by atoms with E-state index in [9.17, 15) is 23.1 Å². The Morgan fingerprint density at radius 1 is 1.41 bits per heavy atom. The summed E-state index contributed by atoms with van der Waals surface area (Å²) in [6.07, 6.45) is -5.00. The number of ether oxygens (including phenoxy) is 1. The van der Waals surface area contributed by atoms with E-state index in [-0.39, 0.29) is 12.0 Å². The summed E-state index contributed by atoms with van der Waals surface area (Å²) in [6, 6.07) is 4.18. The van der Waals surface area contributed by atoms with Crippen LogP contribution >= 0.6 is 0 Å². The molecule has 1 aromatic carbocycles. The van der Waals surface area contributed by atoms with Crippen LogP contribution in [0.2, 0.25) is 0 Å². The lowest BCUT2D eigenvalue weighted by Crippen LogP contribution is -2.69. The topological polar surface area (TPSA) is 77.0 Å². The second-order valence-corrected chi connectivity index (χ2v) is 3.38. The fourth-order valence-corrected chi connectivity index (χ4v) is 1.25. The van der Waals surface area contributed by atoms with Crippen molar-refractivity contribution in [3.63, 3.8) is 0 Å². The largest absolute Gasteiger partial charge is 0.573 e. The minimum atomic E-state index is -4.81. The number of hydrogen-bond donors (Lipinski definition) is 1. The third kappa shape index (κ3) is 4.31. The Kier molecular flexibility index (Phi) is 3.95. The number of hydrogen-bond acceptors (Lipinski definition) is 3. The van der Waals surface area contributed by atoms with Crippen LogP contribution in [0.1, 0.15) is 5.56 Å². The number of quaternary nitrogens is 1.